The highest BCUT2D eigenvalue weighted by molar-refractivity contribution is 7.85. The average molecular weight is 361 g/mol. The SMILES string of the molecule is CC(C)(C)[S@@](=O)/N=C(/c1ccc(OC(F)(F)F)cc1)C(F)(F)F. The molecular weight excluding hydrogens is 348 g/mol. The van der Waals surface area contributed by atoms with Gasteiger partial charge in [-0.1, -0.05) is 0 Å². The van der Waals surface area contributed by atoms with Gasteiger partial charge in [-0.3, -0.25) is 0 Å². The standard InChI is InChI=1S/C13H13F6NO2S/c1-11(2,3)23(21)20-10(12(14,15)16)8-4-6-9(7-5-8)22-13(17,18)19/h4-7H,1-3H3/b20-10-/t23-/m1/s1. The van der Waals surface area contributed by atoms with E-state index in [-0.39, 0.29) is 0 Å². The van der Waals surface area contributed by atoms with Crippen molar-refractivity contribution in [2.45, 2.75) is 38.1 Å². The Morgan fingerprint density at radius 1 is 1.00 bits per heavy atom. The Bertz CT molecular complexity index is 599. The smallest absolute Gasteiger partial charge is 0.406 e. The van der Waals surface area contributed by atoms with Crippen LogP contribution in [0, 0.1) is 0 Å². The van der Waals surface area contributed by atoms with Gasteiger partial charge < -0.3 is 4.74 Å². The molecule has 3 nitrogen and oxygen atoms in total. The summed E-state index contributed by atoms with van der Waals surface area (Å²) in [6.45, 7) is 4.34. The molecule has 0 radical (unpaired) electrons. The third-order valence-electron chi connectivity index (χ3n) is 2.33. The molecule has 0 saturated carbocycles. The normalized spacial score (nSPS) is 15.4. The van der Waals surface area contributed by atoms with Crippen LogP contribution in [0.25, 0.3) is 0 Å². The first-order valence-corrected chi connectivity index (χ1v) is 7.25. The van der Waals surface area contributed by atoms with Gasteiger partial charge in [0, 0.05) is 5.56 Å². The van der Waals surface area contributed by atoms with Crippen LogP contribution in [0.2, 0.25) is 0 Å². The number of hydrogen-bond acceptors (Lipinski definition) is 2. The van der Waals surface area contributed by atoms with E-state index in [1.807, 2.05) is 0 Å². The molecule has 0 aliphatic rings. The molecule has 0 saturated heterocycles. The van der Waals surface area contributed by atoms with Crippen molar-refractivity contribution in [3.63, 3.8) is 0 Å². The van der Waals surface area contributed by atoms with Gasteiger partial charge in [-0.05, 0) is 45.0 Å². The van der Waals surface area contributed by atoms with Gasteiger partial charge in [0.25, 0.3) is 0 Å². The van der Waals surface area contributed by atoms with Crippen molar-refractivity contribution in [2.75, 3.05) is 0 Å². The van der Waals surface area contributed by atoms with Crippen molar-refractivity contribution in [1.29, 1.82) is 0 Å². The third-order valence-corrected chi connectivity index (χ3v) is 3.72. The summed E-state index contributed by atoms with van der Waals surface area (Å²) in [7, 11) is -2.18. The number of rotatable bonds is 3. The predicted octanol–water partition coefficient (Wildman–Crippen LogP) is 4.40. The molecule has 1 atom stereocenters. The summed E-state index contributed by atoms with van der Waals surface area (Å²) >= 11 is 0. The lowest BCUT2D eigenvalue weighted by Crippen LogP contribution is -2.28. The van der Waals surface area contributed by atoms with Gasteiger partial charge in [-0.2, -0.15) is 17.6 Å². The zero-order valence-corrected chi connectivity index (χ0v) is 13.1. The molecule has 1 aromatic rings. The zero-order chi connectivity index (χ0) is 18.1. The maximum Gasteiger partial charge on any atom is 0.573 e. The van der Waals surface area contributed by atoms with Crippen molar-refractivity contribution in [1.82, 2.24) is 0 Å². The molecule has 0 N–H and O–H groups in total. The molecule has 0 amide bonds. The van der Waals surface area contributed by atoms with E-state index in [4.69, 9.17) is 0 Å². The first-order chi connectivity index (χ1) is 10.2. The molecule has 1 aromatic carbocycles. The second-order valence-corrected chi connectivity index (χ2v) is 7.28. The lowest BCUT2D eigenvalue weighted by molar-refractivity contribution is -0.274. The summed E-state index contributed by atoms with van der Waals surface area (Å²) in [5.74, 6) is -0.667. The Labute approximate surface area is 130 Å². The maximum atomic E-state index is 13.0. The van der Waals surface area contributed by atoms with Crippen molar-refractivity contribution in [3.8, 4) is 5.75 Å². The molecule has 0 spiro atoms. The van der Waals surface area contributed by atoms with E-state index < -0.39 is 45.3 Å². The minimum absolute atomic E-state index is 0.510. The van der Waals surface area contributed by atoms with E-state index in [2.05, 4.69) is 9.13 Å². The summed E-state index contributed by atoms with van der Waals surface area (Å²) in [6.07, 6.45) is -9.86. The third kappa shape index (κ3) is 6.20. The largest absolute Gasteiger partial charge is 0.573 e. The molecule has 0 fully saturated rings. The fourth-order valence-corrected chi connectivity index (χ4v) is 1.95. The van der Waals surface area contributed by atoms with E-state index in [1.54, 1.807) is 0 Å². The van der Waals surface area contributed by atoms with E-state index in [1.165, 1.54) is 20.8 Å². The van der Waals surface area contributed by atoms with E-state index >= 15 is 0 Å². The molecule has 0 aliphatic heterocycles. The second-order valence-electron chi connectivity index (χ2n) is 5.37. The van der Waals surface area contributed by atoms with Crippen molar-refractivity contribution in [2.24, 2.45) is 4.40 Å². The summed E-state index contributed by atoms with van der Waals surface area (Å²) in [5.41, 5.74) is -1.94. The number of nitrogens with zero attached hydrogens (tertiary/aromatic N) is 1. The quantitative estimate of drug-likeness (QED) is 0.591. The molecule has 0 aliphatic carbocycles. The van der Waals surface area contributed by atoms with Crippen molar-refractivity contribution >= 4 is 16.7 Å². The minimum Gasteiger partial charge on any atom is -0.406 e. The molecule has 0 heterocycles. The summed E-state index contributed by atoms with van der Waals surface area (Å²) in [6, 6.07) is 2.99. The number of hydrogen-bond donors (Lipinski definition) is 0. The van der Waals surface area contributed by atoms with Gasteiger partial charge in [-0.15, -0.1) is 13.2 Å². The van der Waals surface area contributed by atoms with Gasteiger partial charge in [-0.25, -0.2) is 4.21 Å². The van der Waals surface area contributed by atoms with E-state index in [0.29, 0.717) is 0 Å². The van der Waals surface area contributed by atoms with Gasteiger partial charge in [0.15, 0.2) is 5.71 Å². The highest BCUT2D eigenvalue weighted by Gasteiger charge is 2.39. The Morgan fingerprint density at radius 2 is 1.48 bits per heavy atom. The van der Waals surface area contributed by atoms with Crippen molar-refractivity contribution in [3.05, 3.63) is 29.8 Å². The Morgan fingerprint density at radius 3 is 1.83 bits per heavy atom. The Kier molecular flexibility index (Phi) is 5.50. The summed E-state index contributed by atoms with van der Waals surface area (Å²) in [4.78, 5) is 0. The minimum atomic E-state index is -4.95. The van der Waals surface area contributed by atoms with E-state index in [0.717, 1.165) is 24.3 Å². The second kappa shape index (κ2) is 6.50. The van der Waals surface area contributed by atoms with Gasteiger partial charge >= 0.3 is 12.5 Å². The van der Waals surface area contributed by atoms with Gasteiger partial charge in [0.05, 0.1) is 4.75 Å². The fourth-order valence-electron chi connectivity index (χ4n) is 1.30. The molecule has 0 unspecified atom stereocenters. The summed E-state index contributed by atoms with van der Waals surface area (Å²) < 4.78 is 92.8. The topological polar surface area (TPSA) is 38.7 Å². The van der Waals surface area contributed by atoms with Crippen molar-refractivity contribution < 1.29 is 35.3 Å². The molecule has 0 aromatic heterocycles. The number of halogens is 6. The molecule has 23 heavy (non-hydrogen) atoms. The van der Waals surface area contributed by atoms with Gasteiger partial charge in [0.1, 0.15) is 16.7 Å². The van der Waals surface area contributed by atoms with Crippen LogP contribution in [-0.4, -0.2) is 27.2 Å². The molecule has 0 bridgehead atoms. The zero-order valence-electron chi connectivity index (χ0n) is 12.2. The lowest BCUT2D eigenvalue weighted by atomic mass is 10.1. The first kappa shape index (κ1) is 19.5. The maximum absolute atomic E-state index is 13.0. The highest BCUT2D eigenvalue weighted by atomic mass is 32.2. The van der Waals surface area contributed by atoms with Crippen LogP contribution in [0.1, 0.15) is 26.3 Å². The molecular formula is C13H13F6NO2S. The monoisotopic (exact) mass is 361 g/mol. The van der Waals surface area contributed by atoms with Gasteiger partial charge in [0.2, 0.25) is 0 Å². The number of benzene rings is 1. The molecule has 1 rings (SSSR count). The van der Waals surface area contributed by atoms with E-state index in [9.17, 15) is 30.6 Å². The lowest BCUT2D eigenvalue weighted by Gasteiger charge is -2.17. The van der Waals surface area contributed by atoms with Crippen LogP contribution in [0.3, 0.4) is 0 Å². The Hall–Kier alpha value is -1.58. The van der Waals surface area contributed by atoms with Crippen LogP contribution < -0.4 is 4.74 Å². The van der Waals surface area contributed by atoms with Crippen LogP contribution in [0.15, 0.2) is 28.7 Å². The Balaban J connectivity index is 3.20. The fraction of sp³-hybridized carbons (Fsp3) is 0.462. The van der Waals surface area contributed by atoms with Crippen LogP contribution in [-0.2, 0) is 11.0 Å². The predicted molar refractivity (Wildman–Crippen MR) is 73.6 cm³/mol. The average Bonchev–Trinajstić information content (AvgIpc) is 2.32. The number of ether oxygens (including phenoxy) is 1. The van der Waals surface area contributed by atoms with Crippen LogP contribution in [0.4, 0.5) is 26.3 Å². The molecule has 10 heteroatoms. The van der Waals surface area contributed by atoms with Crippen LogP contribution >= 0.6 is 0 Å². The van der Waals surface area contributed by atoms with Crippen LogP contribution in [0.5, 0.6) is 5.75 Å². The summed E-state index contributed by atoms with van der Waals surface area (Å²) in [5, 5.41) is 0. The molecule has 130 valence electrons. The first-order valence-electron chi connectivity index (χ1n) is 6.14. The number of alkyl halides is 6. The highest BCUT2D eigenvalue weighted by Crippen LogP contribution is 2.28.